The zero-order valence-electron chi connectivity index (χ0n) is 8.68. The topological polar surface area (TPSA) is 81.3 Å². The van der Waals surface area contributed by atoms with Crippen LogP contribution in [0.1, 0.15) is 0 Å². The summed E-state index contributed by atoms with van der Waals surface area (Å²) < 4.78 is 1.87. The highest BCUT2D eigenvalue weighted by molar-refractivity contribution is 9.10. The van der Waals surface area contributed by atoms with Gasteiger partial charge in [-0.3, -0.25) is 9.36 Å². The van der Waals surface area contributed by atoms with Crippen molar-refractivity contribution in [1.82, 2.24) is 9.13 Å². The summed E-state index contributed by atoms with van der Waals surface area (Å²) in [5.41, 5.74) is -1.35. The fourth-order valence-corrected chi connectivity index (χ4v) is 2.28. The third-order valence-electron chi connectivity index (χ3n) is 2.43. The monoisotopic (exact) mass is 298 g/mol. The van der Waals surface area contributed by atoms with Crippen LogP contribution < -0.4 is 11.2 Å². The van der Waals surface area contributed by atoms with Crippen LogP contribution >= 0.6 is 15.9 Å². The molecule has 88 valence electrons. The third-order valence-corrected chi connectivity index (χ3v) is 3.07. The molecule has 0 saturated heterocycles. The zero-order valence-corrected chi connectivity index (χ0v) is 10.3. The molecule has 0 atom stereocenters. The van der Waals surface area contributed by atoms with E-state index in [0.29, 0.717) is 9.99 Å². The SMILES string of the molecule is Cn1c(=O)n(C(=O)O)c(=O)c2cccc(Br)c21. The second kappa shape index (κ2) is 3.85. The Hall–Kier alpha value is -1.89. The minimum absolute atomic E-state index is 0.170. The summed E-state index contributed by atoms with van der Waals surface area (Å²) in [6.07, 6.45) is -1.59. The highest BCUT2D eigenvalue weighted by Crippen LogP contribution is 2.19. The smallest absolute Gasteiger partial charge is 0.422 e. The van der Waals surface area contributed by atoms with E-state index in [1.165, 1.54) is 13.1 Å². The molecule has 17 heavy (non-hydrogen) atoms. The van der Waals surface area contributed by atoms with E-state index in [1.807, 2.05) is 0 Å². The summed E-state index contributed by atoms with van der Waals surface area (Å²) in [6.45, 7) is 0. The highest BCUT2D eigenvalue weighted by atomic mass is 79.9. The normalized spacial score (nSPS) is 10.7. The lowest BCUT2D eigenvalue weighted by Crippen LogP contribution is -2.42. The molecule has 2 aromatic rings. The van der Waals surface area contributed by atoms with Crippen LogP contribution in [-0.2, 0) is 7.05 Å². The van der Waals surface area contributed by atoms with Crippen LogP contribution in [0.3, 0.4) is 0 Å². The molecule has 0 aliphatic heterocycles. The number of hydrogen-bond acceptors (Lipinski definition) is 3. The molecule has 0 saturated carbocycles. The van der Waals surface area contributed by atoms with Crippen molar-refractivity contribution >= 4 is 32.9 Å². The minimum Gasteiger partial charge on any atom is -0.464 e. The molecule has 1 heterocycles. The number of rotatable bonds is 0. The minimum atomic E-state index is -1.59. The number of hydrogen-bond donors (Lipinski definition) is 1. The van der Waals surface area contributed by atoms with Gasteiger partial charge in [-0.05, 0) is 28.1 Å². The summed E-state index contributed by atoms with van der Waals surface area (Å²) in [7, 11) is 1.41. The van der Waals surface area contributed by atoms with Crippen molar-refractivity contribution in [3.8, 4) is 0 Å². The molecule has 0 radical (unpaired) electrons. The Bertz CT molecular complexity index is 744. The molecule has 0 unspecified atom stereocenters. The van der Waals surface area contributed by atoms with Crippen LogP contribution in [0.4, 0.5) is 4.79 Å². The molecule has 0 spiro atoms. The standard InChI is InChI=1S/C10H7BrN2O4/c1-12-7-5(3-2-4-6(7)11)8(14)13(9(12)15)10(16)17/h2-4H,1H3,(H,16,17). The van der Waals surface area contributed by atoms with E-state index in [4.69, 9.17) is 5.11 Å². The van der Waals surface area contributed by atoms with Gasteiger partial charge in [-0.1, -0.05) is 6.07 Å². The van der Waals surface area contributed by atoms with E-state index in [9.17, 15) is 14.4 Å². The maximum absolute atomic E-state index is 11.8. The van der Waals surface area contributed by atoms with E-state index in [-0.39, 0.29) is 9.95 Å². The molecule has 0 aliphatic carbocycles. The lowest BCUT2D eigenvalue weighted by atomic mass is 10.2. The number of halogens is 1. The number of para-hydroxylation sites is 1. The Balaban J connectivity index is 3.18. The number of carbonyl (C=O) groups is 1. The molecule has 7 heteroatoms. The number of carboxylic acid groups (broad SMARTS) is 1. The van der Waals surface area contributed by atoms with Crippen LogP contribution in [0, 0.1) is 0 Å². The van der Waals surface area contributed by atoms with Gasteiger partial charge < -0.3 is 5.11 Å². The Morgan fingerprint density at radius 2 is 2.00 bits per heavy atom. The van der Waals surface area contributed by atoms with Gasteiger partial charge in [-0.2, -0.15) is 4.57 Å². The number of aryl methyl sites for hydroxylation is 1. The maximum Gasteiger partial charge on any atom is 0.422 e. The summed E-state index contributed by atoms with van der Waals surface area (Å²) in [5.74, 6) is 0. The maximum atomic E-state index is 11.8. The highest BCUT2D eigenvalue weighted by Gasteiger charge is 2.16. The molecule has 1 N–H and O–H groups in total. The largest absolute Gasteiger partial charge is 0.464 e. The fraction of sp³-hybridized carbons (Fsp3) is 0.100. The van der Waals surface area contributed by atoms with Gasteiger partial charge in [0, 0.05) is 11.5 Å². The van der Waals surface area contributed by atoms with Crippen molar-refractivity contribution in [3.05, 3.63) is 43.5 Å². The molecule has 0 bridgehead atoms. The van der Waals surface area contributed by atoms with Crippen molar-refractivity contribution in [1.29, 1.82) is 0 Å². The molecular formula is C10H7BrN2O4. The van der Waals surface area contributed by atoms with Crippen LogP contribution in [-0.4, -0.2) is 20.3 Å². The van der Waals surface area contributed by atoms with E-state index >= 15 is 0 Å². The summed E-state index contributed by atoms with van der Waals surface area (Å²) in [6, 6.07) is 4.75. The van der Waals surface area contributed by atoms with E-state index < -0.39 is 17.3 Å². The molecule has 1 aromatic heterocycles. The van der Waals surface area contributed by atoms with Gasteiger partial charge in [-0.15, -0.1) is 0 Å². The molecule has 2 rings (SSSR count). The first kappa shape index (κ1) is 11.6. The zero-order chi connectivity index (χ0) is 12.7. The summed E-state index contributed by atoms with van der Waals surface area (Å²) in [4.78, 5) is 34.4. The van der Waals surface area contributed by atoms with E-state index in [2.05, 4.69) is 15.9 Å². The first-order valence-corrected chi connectivity index (χ1v) is 5.38. The lowest BCUT2D eigenvalue weighted by Gasteiger charge is -2.08. The fourth-order valence-electron chi connectivity index (χ4n) is 1.65. The summed E-state index contributed by atoms with van der Waals surface area (Å²) >= 11 is 3.22. The molecule has 0 aliphatic rings. The molecular weight excluding hydrogens is 292 g/mol. The van der Waals surface area contributed by atoms with Crippen LogP contribution in [0.5, 0.6) is 0 Å². The summed E-state index contributed by atoms with van der Waals surface area (Å²) in [5, 5.41) is 9.01. The Labute approximate surface area is 103 Å². The van der Waals surface area contributed by atoms with Crippen molar-refractivity contribution in [2.24, 2.45) is 7.05 Å². The van der Waals surface area contributed by atoms with E-state index in [0.717, 1.165) is 4.57 Å². The molecule has 0 fully saturated rings. The van der Waals surface area contributed by atoms with Gasteiger partial charge >= 0.3 is 11.8 Å². The van der Waals surface area contributed by atoms with Crippen LogP contribution in [0.15, 0.2) is 32.3 Å². The van der Waals surface area contributed by atoms with Crippen molar-refractivity contribution in [3.63, 3.8) is 0 Å². The number of benzene rings is 1. The second-order valence-electron chi connectivity index (χ2n) is 3.40. The first-order valence-electron chi connectivity index (χ1n) is 4.58. The van der Waals surface area contributed by atoms with Crippen molar-refractivity contribution < 1.29 is 9.90 Å². The Morgan fingerprint density at radius 1 is 1.35 bits per heavy atom. The van der Waals surface area contributed by atoms with Gasteiger partial charge in [0.1, 0.15) is 0 Å². The van der Waals surface area contributed by atoms with E-state index in [1.54, 1.807) is 12.1 Å². The number of fused-ring (bicyclic) bond motifs is 1. The van der Waals surface area contributed by atoms with Crippen LogP contribution in [0.2, 0.25) is 0 Å². The second-order valence-corrected chi connectivity index (χ2v) is 4.26. The average Bonchev–Trinajstić information content (AvgIpc) is 2.25. The van der Waals surface area contributed by atoms with Crippen molar-refractivity contribution in [2.75, 3.05) is 0 Å². The predicted octanol–water partition coefficient (Wildman–Crippen LogP) is 0.989. The van der Waals surface area contributed by atoms with Gasteiger partial charge in [0.15, 0.2) is 0 Å². The third kappa shape index (κ3) is 1.59. The number of nitrogens with zero attached hydrogens (tertiary/aromatic N) is 2. The predicted molar refractivity (Wildman–Crippen MR) is 64.6 cm³/mol. The van der Waals surface area contributed by atoms with Gasteiger partial charge in [0.25, 0.3) is 5.56 Å². The Kier molecular flexibility index (Phi) is 2.62. The first-order chi connectivity index (χ1) is 7.95. The number of aromatic nitrogens is 2. The van der Waals surface area contributed by atoms with Gasteiger partial charge in [0.05, 0.1) is 10.9 Å². The van der Waals surface area contributed by atoms with Gasteiger partial charge in [-0.25, -0.2) is 9.59 Å². The van der Waals surface area contributed by atoms with Crippen LogP contribution in [0.25, 0.3) is 10.9 Å². The molecule has 0 amide bonds. The lowest BCUT2D eigenvalue weighted by molar-refractivity contribution is 0.193. The molecule has 6 nitrogen and oxygen atoms in total. The van der Waals surface area contributed by atoms with Gasteiger partial charge in [0.2, 0.25) is 0 Å². The average molecular weight is 299 g/mol. The Morgan fingerprint density at radius 3 is 2.59 bits per heavy atom. The van der Waals surface area contributed by atoms with Crippen molar-refractivity contribution in [2.45, 2.75) is 0 Å². The molecule has 1 aromatic carbocycles. The quantitative estimate of drug-likeness (QED) is 0.786.